The largest absolute Gasteiger partial charge is 0.493 e. The third-order valence-electron chi connectivity index (χ3n) is 4.65. The van der Waals surface area contributed by atoms with Gasteiger partial charge >= 0.3 is 0 Å². The number of hydrogen-bond donors (Lipinski definition) is 1. The van der Waals surface area contributed by atoms with Gasteiger partial charge in [0.2, 0.25) is 0 Å². The van der Waals surface area contributed by atoms with Gasteiger partial charge in [0, 0.05) is 5.02 Å². The van der Waals surface area contributed by atoms with Crippen LogP contribution < -0.4 is 14.9 Å². The van der Waals surface area contributed by atoms with Crippen molar-refractivity contribution in [3.63, 3.8) is 0 Å². The van der Waals surface area contributed by atoms with E-state index in [2.05, 4.69) is 55.6 Å². The normalized spacial score (nSPS) is 11.5. The smallest absolute Gasteiger partial charge is 0.161 e. The second-order valence-electron chi connectivity index (χ2n) is 8.02. The summed E-state index contributed by atoms with van der Waals surface area (Å²) in [6.45, 7) is 7.10. The molecular formula is C25H27ClN2O2. The lowest BCUT2D eigenvalue weighted by molar-refractivity contribution is 0.284. The number of nitrogens with zero attached hydrogens (tertiary/aromatic N) is 1. The van der Waals surface area contributed by atoms with Crippen LogP contribution in [0.3, 0.4) is 0 Å². The van der Waals surface area contributed by atoms with Gasteiger partial charge in [-0.05, 0) is 64.6 Å². The van der Waals surface area contributed by atoms with E-state index in [4.69, 9.17) is 21.1 Å². The molecule has 0 aliphatic heterocycles. The van der Waals surface area contributed by atoms with Crippen LogP contribution in [0.25, 0.3) is 0 Å². The molecule has 0 atom stereocenters. The fourth-order valence-corrected chi connectivity index (χ4v) is 2.98. The molecule has 0 amide bonds. The van der Waals surface area contributed by atoms with Crippen LogP contribution in [-0.2, 0) is 12.0 Å². The SMILES string of the molecule is COc1cc(/C=N/Nc2ccc(Cl)cc2)ccc1OCc1ccc(C(C)(C)C)cc1. The number of rotatable bonds is 7. The third kappa shape index (κ3) is 6.01. The number of ether oxygens (including phenoxy) is 2. The highest BCUT2D eigenvalue weighted by molar-refractivity contribution is 6.30. The maximum absolute atomic E-state index is 5.98. The van der Waals surface area contributed by atoms with E-state index in [1.54, 1.807) is 13.3 Å². The molecule has 1 N–H and O–H groups in total. The molecule has 0 aliphatic rings. The molecule has 0 heterocycles. The Morgan fingerprint density at radius 1 is 0.933 bits per heavy atom. The summed E-state index contributed by atoms with van der Waals surface area (Å²) in [5, 5.41) is 4.94. The van der Waals surface area contributed by atoms with E-state index in [1.165, 1.54) is 5.56 Å². The van der Waals surface area contributed by atoms with Gasteiger partial charge in [0.1, 0.15) is 6.61 Å². The first kappa shape index (κ1) is 21.7. The Balaban J connectivity index is 1.62. The van der Waals surface area contributed by atoms with Crippen molar-refractivity contribution in [2.75, 3.05) is 12.5 Å². The average Bonchev–Trinajstić information content (AvgIpc) is 2.73. The maximum Gasteiger partial charge on any atom is 0.161 e. The van der Waals surface area contributed by atoms with E-state index >= 15 is 0 Å². The molecule has 156 valence electrons. The highest BCUT2D eigenvalue weighted by Crippen LogP contribution is 2.29. The second kappa shape index (κ2) is 9.68. The van der Waals surface area contributed by atoms with Crippen LogP contribution in [-0.4, -0.2) is 13.3 Å². The van der Waals surface area contributed by atoms with Gasteiger partial charge in [0.15, 0.2) is 11.5 Å². The van der Waals surface area contributed by atoms with Crippen molar-refractivity contribution in [3.8, 4) is 11.5 Å². The number of benzene rings is 3. The summed E-state index contributed by atoms with van der Waals surface area (Å²) in [6, 6.07) is 21.6. The zero-order valence-corrected chi connectivity index (χ0v) is 18.5. The number of halogens is 1. The van der Waals surface area contributed by atoms with Gasteiger partial charge in [-0.25, -0.2) is 0 Å². The third-order valence-corrected chi connectivity index (χ3v) is 4.91. The molecule has 0 radical (unpaired) electrons. The van der Waals surface area contributed by atoms with Gasteiger partial charge < -0.3 is 9.47 Å². The zero-order valence-electron chi connectivity index (χ0n) is 17.8. The molecule has 0 saturated heterocycles. The number of hydrogen-bond acceptors (Lipinski definition) is 4. The average molecular weight is 423 g/mol. The molecule has 0 unspecified atom stereocenters. The predicted molar refractivity (Wildman–Crippen MR) is 125 cm³/mol. The monoisotopic (exact) mass is 422 g/mol. The van der Waals surface area contributed by atoms with Gasteiger partial charge in [-0.1, -0.05) is 56.6 Å². The Morgan fingerprint density at radius 2 is 1.63 bits per heavy atom. The first-order valence-corrected chi connectivity index (χ1v) is 10.2. The minimum absolute atomic E-state index is 0.141. The lowest BCUT2D eigenvalue weighted by Crippen LogP contribution is -2.10. The van der Waals surface area contributed by atoms with Gasteiger partial charge in [-0.15, -0.1) is 0 Å². The van der Waals surface area contributed by atoms with Crippen molar-refractivity contribution in [3.05, 3.63) is 88.4 Å². The molecule has 0 aromatic heterocycles. The quantitative estimate of drug-likeness (QED) is 0.341. The van der Waals surface area contributed by atoms with Crippen molar-refractivity contribution < 1.29 is 9.47 Å². The lowest BCUT2D eigenvalue weighted by Gasteiger charge is -2.19. The first-order valence-electron chi connectivity index (χ1n) is 9.80. The van der Waals surface area contributed by atoms with Crippen molar-refractivity contribution in [2.45, 2.75) is 32.8 Å². The fourth-order valence-electron chi connectivity index (χ4n) is 2.85. The lowest BCUT2D eigenvalue weighted by atomic mass is 9.87. The van der Waals surface area contributed by atoms with Crippen molar-refractivity contribution in [1.82, 2.24) is 0 Å². The number of hydrazone groups is 1. The molecule has 0 fully saturated rings. The molecule has 5 heteroatoms. The van der Waals surface area contributed by atoms with E-state index in [-0.39, 0.29) is 5.41 Å². The highest BCUT2D eigenvalue weighted by Gasteiger charge is 2.13. The molecule has 3 aromatic carbocycles. The van der Waals surface area contributed by atoms with E-state index in [1.807, 2.05) is 42.5 Å². The molecule has 0 bridgehead atoms. The van der Waals surface area contributed by atoms with Crippen LogP contribution in [0, 0.1) is 0 Å². The molecule has 0 aliphatic carbocycles. The van der Waals surface area contributed by atoms with Gasteiger partial charge in [-0.2, -0.15) is 5.10 Å². The highest BCUT2D eigenvalue weighted by atomic mass is 35.5. The van der Waals surface area contributed by atoms with E-state index < -0.39 is 0 Å². The summed E-state index contributed by atoms with van der Waals surface area (Å²) in [4.78, 5) is 0. The van der Waals surface area contributed by atoms with Crippen LogP contribution in [0.15, 0.2) is 71.8 Å². The molecule has 3 aromatic rings. The number of anilines is 1. The van der Waals surface area contributed by atoms with Gasteiger partial charge in [0.05, 0.1) is 19.0 Å². The maximum atomic E-state index is 5.98. The van der Waals surface area contributed by atoms with E-state index in [9.17, 15) is 0 Å². The molecule has 30 heavy (non-hydrogen) atoms. The van der Waals surface area contributed by atoms with E-state index in [0.717, 1.165) is 16.8 Å². The molecule has 0 saturated carbocycles. The topological polar surface area (TPSA) is 42.8 Å². The van der Waals surface area contributed by atoms with Crippen LogP contribution in [0.2, 0.25) is 5.02 Å². The van der Waals surface area contributed by atoms with Gasteiger partial charge in [0.25, 0.3) is 0 Å². The molecule has 4 nitrogen and oxygen atoms in total. The van der Waals surface area contributed by atoms with Crippen molar-refractivity contribution >= 4 is 23.5 Å². The van der Waals surface area contributed by atoms with Gasteiger partial charge in [-0.3, -0.25) is 5.43 Å². The number of nitrogens with one attached hydrogen (secondary N) is 1. The molecule has 3 rings (SSSR count). The second-order valence-corrected chi connectivity index (χ2v) is 8.46. The van der Waals surface area contributed by atoms with Crippen LogP contribution in [0.5, 0.6) is 11.5 Å². The van der Waals surface area contributed by atoms with Crippen molar-refractivity contribution in [2.24, 2.45) is 5.10 Å². The standard InChI is InChI=1S/C25H27ClN2O2/c1-25(2,3)20-8-5-18(6-9-20)17-30-23-14-7-19(15-24(23)29-4)16-27-28-22-12-10-21(26)11-13-22/h5-16,28H,17H2,1-4H3/b27-16+. The summed E-state index contributed by atoms with van der Waals surface area (Å²) in [5.41, 5.74) is 7.29. The Kier molecular flexibility index (Phi) is 7.01. The minimum Gasteiger partial charge on any atom is -0.493 e. The first-order chi connectivity index (χ1) is 14.3. The summed E-state index contributed by atoms with van der Waals surface area (Å²) in [7, 11) is 1.63. The predicted octanol–water partition coefficient (Wildman–Crippen LogP) is 6.67. The van der Waals surface area contributed by atoms with Crippen LogP contribution in [0.4, 0.5) is 5.69 Å². The van der Waals surface area contributed by atoms with Crippen LogP contribution >= 0.6 is 11.6 Å². The molecule has 0 spiro atoms. The Morgan fingerprint density at radius 3 is 2.27 bits per heavy atom. The summed E-state index contributed by atoms with van der Waals surface area (Å²) in [5.74, 6) is 1.36. The summed E-state index contributed by atoms with van der Waals surface area (Å²) < 4.78 is 11.5. The van der Waals surface area contributed by atoms with Crippen LogP contribution in [0.1, 0.15) is 37.5 Å². The summed E-state index contributed by atoms with van der Waals surface area (Å²) >= 11 is 5.89. The Hall–Kier alpha value is -2.98. The Labute approximate surface area is 183 Å². The Bertz CT molecular complexity index is 991. The van der Waals surface area contributed by atoms with Crippen molar-refractivity contribution in [1.29, 1.82) is 0 Å². The summed E-state index contributed by atoms with van der Waals surface area (Å²) in [6.07, 6.45) is 1.73. The van der Waals surface area contributed by atoms with E-state index in [0.29, 0.717) is 23.1 Å². The molecular weight excluding hydrogens is 396 g/mol. The minimum atomic E-state index is 0.141. The fraction of sp³-hybridized carbons (Fsp3) is 0.240. The zero-order chi connectivity index (χ0) is 21.6. The number of methoxy groups -OCH3 is 1.